The van der Waals surface area contributed by atoms with E-state index in [0.717, 1.165) is 11.2 Å². The van der Waals surface area contributed by atoms with Gasteiger partial charge in [0.1, 0.15) is 0 Å². The van der Waals surface area contributed by atoms with Crippen molar-refractivity contribution in [1.82, 2.24) is 4.98 Å². The van der Waals surface area contributed by atoms with Crippen molar-refractivity contribution in [2.45, 2.75) is 13.8 Å². The molecular formula is C12H14N2O2. The Bertz CT molecular complexity index is 465. The molecule has 0 aliphatic rings. The zero-order chi connectivity index (χ0) is 12.1. The standard InChI is InChI=1S/C11H11N.CH3NO2/c1-8-7-10-5-3-4-6-11(10)12-9(8)2;2-1(3)4/h3-7H,1-2H3;2H2,(H,3,4). The van der Waals surface area contributed by atoms with Gasteiger partial charge in [0.2, 0.25) is 0 Å². The first-order chi connectivity index (χ1) is 7.50. The van der Waals surface area contributed by atoms with Gasteiger partial charge in [-0.1, -0.05) is 18.2 Å². The predicted molar refractivity (Wildman–Crippen MR) is 63.4 cm³/mol. The maximum Gasteiger partial charge on any atom is 0.402 e. The molecule has 0 bridgehead atoms. The van der Waals surface area contributed by atoms with Gasteiger partial charge >= 0.3 is 6.09 Å². The summed E-state index contributed by atoms with van der Waals surface area (Å²) < 4.78 is 0. The number of aromatic nitrogens is 1. The number of benzene rings is 1. The minimum absolute atomic E-state index is 1.08. The van der Waals surface area contributed by atoms with E-state index in [1.54, 1.807) is 0 Å². The second-order valence-corrected chi connectivity index (χ2v) is 3.42. The maximum atomic E-state index is 8.78. The average Bonchev–Trinajstić information content (AvgIpc) is 2.19. The fourth-order valence-corrected chi connectivity index (χ4v) is 1.32. The third-order valence-corrected chi connectivity index (χ3v) is 2.17. The highest BCUT2D eigenvalue weighted by Crippen LogP contribution is 2.14. The Morgan fingerprint density at radius 3 is 2.50 bits per heavy atom. The van der Waals surface area contributed by atoms with E-state index in [9.17, 15) is 0 Å². The molecule has 3 N–H and O–H groups in total. The Morgan fingerprint density at radius 2 is 1.88 bits per heavy atom. The molecule has 4 heteroatoms. The Kier molecular flexibility index (Phi) is 3.83. The molecule has 1 aromatic heterocycles. The lowest BCUT2D eigenvalue weighted by Crippen LogP contribution is -2.03. The van der Waals surface area contributed by atoms with Crippen molar-refractivity contribution in [1.29, 1.82) is 0 Å². The molecule has 0 atom stereocenters. The SMILES string of the molecule is Cc1cc2ccccc2nc1C.NC(=O)O. The molecule has 0 radical (unpaired) electrons. The summed E-state index contributed by atoms with van der Waals surface area (Å²) in [5, 5.41) is 8.42. The van der Waals surface area contributed by atoms with Crippen LogP contribution in [0.4, 0.5) is 4.79 Å². The highest BCUT2D eigenvalue weighted by molar-refractivity contribution is 5.79. The minimum atomic E-state index is -1.33. The van der Waals surface area contributed by atoms with E-state index in [4.69, 9.17) is 9.90 Å². The Hall–Kier alpha value is -2.10. The normalized spacial score (nSPS) is 9.38. The number of para-hydroxylation sites is 1. The molecule has 1 heterocycles. The summed E-state index contributed by atoms with van der Waals surface area (Å²) in [5.41, 5.74) is 7.49. The molecule has 2 aromatic rings. The van der Waals surface area contributed by atoms with Gasteiger partial charge in [-0.05, 0) is 31.5 Å². The quantitative estimate of drug-likeness (QED) is 0.713. The number of hydrogen-bond donors (Lipinski definition) is 2. The van der Waals surface area contributed by atoms with Crippen molar-refractivity contribution in [3.05, 3.63) is 41.6 Å². The van der Waals surface area contributed by atoms with Crippen LogP contribution in [0.5, 0.6) is 0 Å². The fourth-order valence-electron chi connectivity index (χ4n) is 1.32. The number of aryl methyl sites for hydroxylation is 2. The number of amides is 1. The summed E-state index contributed by atoms with van der Waals surface area (Å²) in [4.78, 5) is 13.3. The van der Waals surface area contributed by atoms with Gasteiger partial charge in [-0.3, -0.25) is 4.98 Å². The van der Waals surface area contributed by atoms with Crippen LogP contribution in [0.25, 0.3) is 10.9 Å². The van der Waals surface area contributed by atoms with E-state index < -0.39 is 6.09 Å². The highest BCUT2D eigenvalue weighted by atomic mass is 16.4. The lowest BCUT2D eigenvalue weighted by molar-refractivity contribution is 0.205. The largest absolute Gasteiger partial charge is 0.465 e. The van der Waals surface area contributed by atoms with Crippen molar-refractivity contribution in [2.24, 2.45) is 5.73 Å². The number of carboxylic acid groups (broad SMARTS) is 1. The van der Waals surface area contributed by atoms with E-state index in [0.29, 0.717) is 0 Å². The first-order valence-corrected chi connectivity index (χ1v) is 4.82. The van der Waals surface area contributed by atoms with Crippen LogP contribution in [-0.2, 0) is 0 Å². The van der Waals surface area contributed by atoms with Gasteiger partial charge in [-0.25, -0.2) is 4.79 Å². The number of nitrogens with two attached hydrogens (primary N) is 1. The van der Waals surface area contributed by atoms with Crippen LogP contribution in [0.15, 0.2) is 30.3 Å². The molecular weight excluding hydrogens is 204 g/mol. The zero-order valence-corrected chi connectivity index (χ0v) is 9.27. The second kappa shape index (κ2) is 5.11. The molecule has 1 amide bonds. The molecule has 2 rings (SSSR count). The third kappa shape index (κ3) is 3.24. The summed E-state index contributed by atoms with van der Waals surface area (Å²) in [6.07, 6.45) is -1.33. The summed E-state index contributed by atoms with van der Waals surface area (Å²) in [7, 11) is 0. The first-order valence-electron chi connectivity index (χ1n) is 4.82. The van der Waals surface area contributed by atoms with Gasteiger partial charge in [0.05, 0.1) is 5.52 Å². The van der Waals surface area contributed by atoms with E-state index >= 15 is 0 Å². The van der Waals surface area contributed by atoms with E-state index in [-0.39, 0.29) is 0 Å². The molecule has 4 nitrogen and oxygen atoms in total. The molecule has 0 saturated heterocycles. The second-order valence-electron chi connectivity index (χ2n) is 3.42. The zero-order valence-electron chi connectivity index (χ0n) is 9.27. The van der Waals surface area contributed by atoms with Gasteiger partial charge in [0, 0.05) is 11.1 Å². The molecule has 84 valence electrons. The van der Waals surface area contributed by atoms with Crippen LogP contribution in [0.2, 0.25) is 0 Å². The topological polar surface area (TPSA) is 76.2 Å². The maximum absolute atomic E-state index is 8.78. The van der Waals surface area contributed by atoms with Crippen LogP contribution >= 0.6 is 0 Å². The Labute approximate surface area is 93.7 Å². The van der Waals surface area contributed by atoms with Crippen molar-refractivity contribution in [3.8, 4) is 0 Å². The number of primary amides is 1. The van der Waals surface area contributed by atoms with Crippen LogP contribution in [0, 0.1) is 13.8 Å². The fraction of sp³-hybridized carbons (Fsp3) is 0.167. The number of pyridine rings is 1. The van der Waals surface area contributed by atoms with E-state index in [1.807, 2.05) is 25.1 Å². The number of nitrogens with zero attached hydrogens (tertiary/aromatic N) is 1. The average molecular weight is 218 g/mol. The Balaban J connectivity index is 0.000000280. The molecule has 1 aromatic carbocycles. The van der Waals surface area contributed by atoms with Gasteiger partial charge in [-0.15, -0.1) is 0 Å². The molecule has 0 spiro atoms. The number of hydrogen-bond acceptors (Lipinski definition) is 2. The molecule has 0 aliphatic heterocycles. The van der Waals surface area contributed by atoms with Crippen molar-refractivity contribution in [3.63, 3.8) is 0 Å². The number of fused-ring (bicyclic) bond motifs is 1. The number of rotatable bonds is 0. The lowest BCUT2D eigenvalue weighted by atomic mass is 10.1. The number of carbonyl (C=O) groups is 1. The van der Waals surface area contributed by atoms with Crippen molar-refractivity contribution < 1.29 is 9.90 Å². The van der Waals surface area contributed by atoms with Crippen molar-refractivity contribution in [2.75, 3.05) is 0 Å². The minimum Gasteiger partial charge on any atom is -0.465 e. The van der Waals surface area contributed by atoms with Crippen LogP contribution in [-0.4, -0.2) is 16.2 Å². The van der Waals surface area contributed by atoms with Crippen LogP contribution in [0.3, 0.4) is 0 Å². The van der Waals surface area contributed by atoms with Gasteiger partial charge in [0.25, 0.3) is 0 Å². The highest BCUT2D eigenvalue weighted by Gasteiger charge is 1.96. The smallest absolute Gasteiger partial charge is 0.402 e. The molecule has 0 saturated carbocycles. The van der Waals surface area contributed by atoms with Gasteiger partial charge in [-0.2, -0.15) is 0 Å². The Morgan fingerprint density at radius 1 is 1.31 bits per heavy atom. The van der Waals surface area contributed by atoms with E-state index in [1.165, 1.54) is 10.9 Å². The lowest BCUT2D eigenvalue weighted by Gasteiger charge is -2.01. The van der Waals surface area contributed by atoms with E-state index in [2.05, 4.69) is 29.8 Å². The third-order valence-electron chi connectivity index (χ3n) is 2.17. The summed E-state index contributed by atoms with van der Waals surface area (Å²) in [5.74, 6) is 0. The molecule has 0 unspecified atom stereocenters. The van der Waals surface area contributed by atoms with Gasteiger partial charge < -0.3 is 10.8 Å². The monoisotopic (exact) mass is 218 g/mol. The van der Waals surface area contributed by atoms with Crippen molar-refractivity contribution >= 4 is 17.0 Å². The van der Waals surface area contributed by atoms with Crippen LogP contribution < -0.4 is 5.73 Å². The predicted octanol–water partition coefficient (Wildman–Crippen LogP) is 2.47. The van der Waals surface area contributed by atoms with Crippen LogP contribution in [0.1, 0.15) is 11.3 Å². The summed E-state index contributed by atoms with van der Waals surface area (Å²) >= 11 is 0. The molecule has 16 heavy (non-hydrogen) atoms. The first kappa shape index (κ1) is 12.0. The summed E-state index contributed by atoms with van der Waals surface area (Å²) in [6, 6.07) is 10.4. The van der Waals surface area contributed by atoms with Gasteiger partial charge in [0.15, 0.2) is 0 Å². The molecule has 0 fully saturated rings. The summed E-state index contributed by atoms with van der Waals surface area (Å²) in [6.45, 7) is 4.14. The molecule has 0 aliphatic carbocycles.